The minimum atomic E-state index is -0.325. The van der Waals surface area contributed by atoms with E-state index in [-0.39, 0.29) is 5.83 Å². The van der Waals surface area contributed by atoms with Crippen molar-refractivity contribution in [1.29, 1.82) is 0 Å². The zero-order valence-electron chi connectivity index (χ0n) is 33.4. The Morgan fingerprint density at radius 3 is 1.78 bits per heavy atom. The predicted octanol–water partition coefficient (Wildman–Crippen LogP) is 16.4. The molecular weight excluding hydrogens is 580 g/mol. The Kier molecular flexibility index (Phi) is 40.5. The van der Waals surface area contributed by atoms with Gasteiger partial charge in [-0.2, -0.15) is 0 Å². The van der Waals surface area contributed by atoms with E-state index in [1.165, 1.54) is 81.8 Å². The molecule has 0 aliphatic heterocycles. The van der Waals surface area contributed by atoms with Crippen LogP contribution in [-0.2, 0) is 0 Å². The fourth-order valence-electron chi connectivity index (χ4n) is 5.55. The van der Waals surface area contributed by atoms with Crippen LogP contribution in [0.3, 0.4) is 0 Å². The van der Waals surface area contributed by atoms with Crippen molar-refractivity contribution in [3.05, 3.63) is 72.7 Å². The van der Waals surface area contributed by atoms with E-state index in [1.807, 2.05) is 53.7 Å². The number of thiocarbonyl (C=S) groups is 1. The zero-order valence-corrected chi connectivity index (χ0v) is 34.2. The fourth-order valence-corrected chi connectivity index (χ4v) is 5.63. The standard InChI is InChI=1S/C22H39F.C10H16S.C8H14.2C2H6/c1-8-12-22(21(10-3)11-4)15-17(5)13-14-20(9-2)16-18(6)19(7)23;1-5-8(2)6-7-9(3)10(4)11;1-2-8-6-4-3-5-7-8;2*1-2/h9,16-17,21-22H,7-8,10-15H2,1-6H3;5,7-8H,1,6H2,2-4H3;2,8H,1,3-7H2;2*1-2H3/b18-16-,20-9-;9-7+;;;/t17?,22-;;;;/m1..../s1. The highest BCUT2D eigenvalue weighted by atomic mass is 32.1. The number of halogens is 1. The molecule has 1 saturated carbocycles. The summed E-state index contributed by atoms with van der Waals surface area (Å²) in [6, 6.07) is 0. The van der Waals surface area contributed by atoms with Crippen LogP contribution in [0.15, 0.2) is 72.7 Å². The van der Waals surface area contributed by atoms with Gasteiger partial charge in [-0.1, -0.05) is 162 Å². The lowest BCUT2D eigenvalue weighted by molar-refractivity contribution is 0.238. The van der Waals surface area contributed by atoms with Gasteiger partial charge in [0.25, 0.3) is 0 Å². The molecule has 0 amide bonds. The summed E-state index contributed by atoms with van der Waals surface area (Å²) in [6.07, 6.45) is 27.2. The van der Waals surface area contributed by atoms with Crippen LogP contribution in [0.25, 0.3) is 0 Å². The molecule has 3 atom stereocenters. The molecule has 2 unspecified atom stereocenters. The summed E-state index contributed by atoms with van der Waals surface area (Å²) in [4.78, 5) is 0.987. The summed E-state index contributed by atoms with van der Waals surface area (Å²) in [7, 11) is 0. The van der Waals surface area contributed by atoms with Crippen LogP contribution < -0.4 is 0 Å². The average Bonchev–Trinajstić information content (AvgIpc) is 3.08. The van der Waals surface area contributed by atoms with Crippen molar-refractivity contribution in [2.24, 2.45) is 29.6 Å². The molecule has 1 rings (SSSR count). The second-order valence-corrected chi connectivity index (χ2v) is 13.2. The van der Waals surface area contributed by atoms with Gasteiger partial charge in [-0.15, -0.1) is 13.2 Å². The van der Waals surface area contributed by atoms with Gasteiger partial charge in [0.1, 0.15) is 5.83 Å². The van der Waals surface area contributed by atoms with Gasteiger partial charge >= 0.3 is 0 Å². The Labute approximate surface area is 296 Å². The molecule has 1 fully saturated rings. The molecule has 0 aromatic rings. The van der Waals surface area contributed by atoms with Crippen molar-refractivity contribution < 1.29 is 4.39 Å². The highest BCUT2D eigenvalue weighted by molar-refractivity contribution is 7.80. The van der Waals surface area contributed by atoms with Crippen molar-refractivity contribution in [1.82, 2.24) is 0 Å². The molecule has 1 aliphatic rings. The summed E-state index contributed by atoms with van der Waals surface area (Å²) < 4.78 is 13.1. The third-order valence-electron chi connectivity index (χ3n) is 8.94. The molecule has 0 nitrogen and oxygen atoms in total. The SMILES string of the molecule is C=C(F)/C(C)=C\C(=C/C)CCC(C)C[C@@H](CCC)C(CC)CC.C=CC(C)C/C=C(\C)C(C)=S.C=CC1CCCCC1.CC.CC. The Morgan fingerprint density at radius 2 is 1.41 bits per heavy atom. The minimum Gasteiger partial charge on any atom is -0.207 e. The Balaban J connectivity index is -0.000000315. The van der Waals surface area contributed by atoms with E-state index in [4.69, 9.17) is 12.2 Å². The molecule has 0 radical (unpaired) electrons. The van der Waals surface area contributed by atoms with E-state index in [1.54, 1.807) is 6.92 Å². The number of hydrogen-bond donors (Lipinski definition) is 0. The summed E-state index contributed by atoms with van der Waals surface area (Å²) >= 11 is 5.01. The lowest BCUT2D eigenvalue weighted by atomic mass is 9.78. The fraction of sp³-hybridized carbons (Fsp3) is 0.705. The Hall–Kier alpha value is -1.54. The molecule has 0 heterocycles. The summed E-state index contributed by atoms with van der Waals surface area (Å²) in [5, 5.41) is 0. The monoisotopic (exact) mass is 661 g/mol. The van der Waals surface area contributed by atoms with Crippen molar-refractivity contribution in [3.8, 4) is 0 Å². The summed E-state index contributed by atoms with van der Waals surface area (Å²) in [5.74, 6) is 3.54. The van der Waals surface area contributed by atoms with Crippen LogP contribution >= 0.6 is 12.2 Å². The highest BCUT2D eigenvalue weighted by Gasteiger charge is 2.20. The van der Waals surface area contributed by atoms with E-state index < -0.39 is 0 Å². The molecule has 1 aliphatic carbocycles. The Bertz CT molecular complexity index is 832. The quantitative estimate of drug-likeness (QED) is 0.0647. The van der Waals surface area contributed by atoms with Crippen molar-refractivity contribution in [3.63, 3.8) is 0 Å². The first-order valence-electron chi connectivity index (χ1n) is 19.0. The van der Waals surface area contributed by atoms with Gasteiger partial charge in [-0.25, -0.2) is 4.39 Å². The molecule has 2 heteroatoms. The van der Waals surface area contributed by atoms with Gasteiger partial charge in [-0.3, -0.25) is 0 Å². The van der Waals surface area contributed by atoms with Crippen LogP contribution in [0.5, 0.6) is 0 Å². The zero-order chi connectivity index (χ0) is 36.5. The van der Waals surface area contributed by atoms with E-state index in [9.17, 15) is 4.39 Å². The average molecular weight is 661 g/mol. The van der Waals surface area contributed by atoms with Gasteiger partial charge in [0.15, 0.2) is 0 Å². The molecule has 0 aromatic carbocycles. The van der Waals surface area contributed by atoms with Crippen LogP contribution in [0.4, 0.5) is 4.39 Å². The number of rotatable bonds is 17. The van der Waals surface area contributed by atoms with Crippen LogP contribution in [0, 0.1) is 29.6 Å². The molecule has 0 spiro atoms. The van der Waals surface area contributed by atoms with E-state index in [0.717, 1.165) is 41.4 Å². The van der Waals surface area contributed by atoms with Crippen molar-refractivity contribution in [2.75, 3.05) is 0 Å². The molecule has 0 N–H and O–H groups in total. The topological polar surface area (TPSA) is 0 Å². The normalized spacial score (nSPS) is 15.6. The predicted molar refractivity (Wildman–Crippen MR) is 219 cm³/mol. The van der Waals surface area contributed by atoms with E-state index >= 15 is 0 Å². The van der Waals surface area contributed by atoms with Crippen LogP contribution in [0.2, 0.25) is 0 Å². The first-order valence-corrected chi connectivity index (χ1v) is 19.4. The van der Waals surface area contributed by atoms with Crippen molar-refractivity contribution in [2.45, 2.75) is 173 Å². The maximum Gasteiger partial charge on any atom is 0.118 e. The first-order chi connectivity index (χ1) is 21.9. The molecule has 270 valence electrons. The molecule has 0 aromatic heterocycles. The second-order valence-electron chi connectivity index (χ2n) is 12.6. The second kappa shape index (κ2) is 36.3. The van der Waals surface area contributed by atoms with Crippen LogP contribution in [-0.4, -0.2) is 4.86 Å². The summed E-state index contributed by atoms with van der Waals surface area (Å²) in [6.45, 7) is 38.2. The maximum atomic E-state index is 13.1. The lowest BCUT2D eigenvalue weighted by Gasteiger charge is -2.28. The Morgan fingerprint density at radius 1 is 0.870 bits per heavy atom. The van der Waals surface area contributed by atoms with Gasteiger partial charge in [0, 0.05) is 4.86 Å². The maximum absolute atomic E-state index is 13.1. The van der Waals surface area contributed by atoms with Gasteiger partial charge in [-0.05, 0) is 107 Å². The third kappa shape index (κ3) is 29.8. The molecule has 46 heavy (non-hydrogen) atoms. The number of hydrogen-bond acceptors (Lipinski definition) is 1. The van der Waals surface area contributed by atoms with Gasteiger partial charge in [0.05, 0.1) is 0 Å². The van der Waals surface area contributed by atoms with Crippen LogP contribution in [0.1, 0.15) is 173 Å². The smallest absolute Gasteiger partial charge is 0.118 e. The highest BCUT2D eigenvalue weighted by Crippen LogP contribution is 2.32. The largest absolute Gasteiger partial charge is 0.207 e. The minimum absolute atomic E-state index is 0.325. The number of allylic oxidation sites excluding steroid dienone is 9. The molecular formula is C44H81FS. The lowest BCUT2D eigenvalue weighted by Crippen LogP contribution is -2.16. The van der Waals surface area contributed by atoms with Gasteiger partial charge < -0.3 is 0 Å². The third-order valence-corrected chi connectivity index (χ3v) is 9.27. The van der Waals surface area contributed by atoms with E-state index in [0.29, 0.717) is 11.5 Å². The van der Waals surface area contributed by atoms with Gasteiger partial charge in [0.2, 0.25) is 0 Å². The molecule has 0 saturated heterocycles. The van der Waals surface area contributed by atoms with Crippen molar-refractivity contribution >= 4 is 17.1 Å². The molecule has 0 bridgehead atoms. The first kappa shape index (κ1) is 51.3. The van der Waals surface area contributed by atoms with E-state index in [2.05, 4.69) is 79.5 Å². The summed E-state index contributed by atoms with van der Waals surface area (Å²) in [5.41, 5.74) is 3.09.